The van der Waals surface area contributed by atoms with E-state index in [2.05, 4.69) is 29.3 Å². The Hall–Kier alpha value is -2.37. The number of hydrogen-bond acceptors (Lipinski definition) is 3. The number of rotatable bonds is 4. The Morgan fingerprint density at radius 1 is 1.07 bits per heavy atom. The molecular weight excluding hydrogens is 366 g/mol. The van der Waals surface area contributed by atoms with Gasteiger partial charge in [-0.25, -0.2) is 0 Å². The van der Waals surface area contributed by atoms with Crippen LogP contribution in [0.15, 0.2) is 30.3 Å². The van der Waals surface area contributed by atoms with Crippen molar-refractivity contribution in [1.29, 1.82) is 0 Å². The van der Waals surface area contributed by atoms with E-state index in [1.807, 2.05) is 23.1 Å². The molecule has 5 atom stereocenters. The number of nitrogens with one attached hydrogen (secondary N) is 1. The molecule has 6 heteroatoms. The molecule has 3 amide bonds. The molecule has 2 aliphatic heterocycles. The van der Waals surface area contributed by atoms with E-state index in [9.17, 15) is 14.4 Å². The van der Waals surface area contributed by atoms with Gasteiger partial charge in [-0.3, -0.25) is 14.4 Å². The summed E-state index contributed by atoms with van der Waals surface area (Å²) in [5.74, 6) is -0.119. The molecule has 29 heavy (non-hydrogen) atoms. The monoisotopic (exact) mass is 397 g/mol. The number of hydrogen-bond donors (Lipinski definition) is 1. The smallest absolute Gasteiger partial charge is 0.242 e. The fraction of sp³-hybridized carbons (Fsp3) is 0.609. The Bertz CT molecular complexity index is 811. The molecule has 1 saturated carbocycles. The summed E-state index contributed by atoms with van der Waals surface area (Å²) in [6.07, 6.45) is 4.66. The average Bonchev–Trinajstić information content (AvgIpc) is 2.99. The van der Waals surface area contributed by atoms with Crippen molar-refractivity contribution in [3.8, 4) is 0 Å². The first-order valence-electron chi connectivity index (χ1n) is 10.7. The van der Waals surface area contributed by atoms with Crippen molar-refractivity contribution >= 4 is 17.7 Å². The number of benzene rings is 1. The highest BCUT2D eigenvalue weighted by Gasteiger charge is 2.64. The second-order valence-corrected chi connectivity index (χ2v) is 9.13. The molecule has 2 heterocycles. The van der Waals surface area contributed by atoms with Gasteiger partial charge in [0, 0.05) is 31.3 Å². The second kappa shape index (κ2) is 7.47. The molecule has 3 fully saturated rings. The Morgan fingerprint density at radius 3 is 2.34 bits per heavy atom. The molecule has 2 bridgehead atoms. The van der Waals surface area contributed by atoms with Crippen molar-refractivity contribution in [1.82, 2.24) is 15.1 Å². The summed E-state index contributed by atoms with van der Waals surface area (Å²) < 4.78 is 0. The first kappa shape index (κ1) is 19.9. The number of carbonyl (C=O) groups excluding carboxylic acids is 3. The highest BCUT2D eigenvalue weighted by Crippen LogP contribution is 2.56. The van der Waals surface area contributed by atoms with Gasteiger partial charge in [0.05, 0.1) is 18.6 Å². The van der Waals surface area contributed by atoms with Gasteiger partial charge in [0.2, 0.25) is 17.7 Å². The van der Waals surface area contributed by atoms with Crippen molar-refractivity contribution in [2.24, 2.45) is 5.41 Å². The predicted octanol–water partition coefficient (Wildman–Crippen LogP) is 2.12. The minimum absolute atomic E-state index is 0.00952. The standard InChI is InChI=1S/C23H31N3O3/c1-15(27)24-14-22(29)26-19-13-23(3)20(10-7-11-21(23)26)25(16(2)28)18(19)12-17-8-5-4-6-9-17/h4-6,8-9,18-21H,7,10-14H2,1-3H3,(H,24,27)/t18-,19+,20-,21+,23-/m1/s1. The predicted molar refractivity (Wildman–Crippen MR) is 110 cm³/mol. The maximum absolute atomic E-state index is 13.2. The molecule has 2 saturated heterocycles. The Balaban J connectivity index is 1.72. The van der Waals surface area contributed by atoms with Crippen LogP contribution >= 0.6 is 0 Å². The molecule has 0 spiro atoms. The van der Waals surface area contributed by atoms with Crippen LogP contribution in [0.5, 0.6) is 0 Å². The molecule has 1 aromatic carbocycles. The van der Waals surface area contributed by atoms with Crippen LogP contribution in [0.25, 0.3) is 0 Å². The lowest BCUT2D eigenvalue weighted by Crippen LogP contribution is -2.62. The van der Waals surface area contributed by atoms with Crippen LogP contribution in [0.2, 0.25) is 0 Å². The van der Waals surface area contributed by atoms with Crippen molar-refractivity contribution in [2.75, 3.05) is 6.54 Å². The van der Waals surface area contributed by atoms with Crippen LogP contribution in [0.1, 0.15) is 52.0 Å². The highest BCUT2D eigenvalue weighted by atomic mass is 16.2. The van der Waals surface area contributed by atoms with E-state index in [1.165, 1.54) is 12.5 Å². The molecule has 0 unspecified atom stereocenters. The average molecular weight is 398 g/mol. The first-order valence-corrected chi connectivity index (χ1v) is 10.7. The van der Waals surface area contributed by atoms with E-state index in [4.69, 9.17) is 0 Å². The van der Waals surface area contributed by atoms with Crippen LogP contribution in [-0.2, 0) is 20.8 Å². The summed E-state index contributed by atoms with van der Waals surface area (Å²) in [7, 11) is 0. The SMILES string of the molecule is CC(=O)NCC(=O)N1[C@H]2CCC[C@H]3N(C(C)=O)[C@H](Cc4ccccc4)[C@@H]1C[C@@]23C. The number of amides is 3. The molecule has 4 rings (SSSR count). The lowest BCUT2D eigenvalue weighted by molar-refractivity contribution is -0.143. The number of fused-ring (bicyclic) bond motifs is 1. The molecule has 1 aliphatic carbocycles. The Labute approximate surface area is 172 Å². The fourth-order valence-electron chi connectivity index (χ4n) is 6.28. The zero-order valence-corrected chi connectivity index (χ0v) is 17.6. The van der Waals surface area contributed by atoms with Gasteiger partial charge in [-0.15, -0.1) is 0 Å². The highest BCUT2D eigenvalue weighted by molar-refractivity contribution is 5.85. The summed E-state index contributed by atoms with van der Waals surface area (Å²) in [4.78, 5) is 41.6. The van der Waals surface area contributed by atoms with Crippen LogP contribution < -0.4 is 5.32 Å². The minimum atomic E-state index is -0.195. The number of nitrogens with zero attached hydrogens (tertiary/aromatic N) is 2. The van der Waals surface area contributed by atoms with Crippen LogP contribution in [-0.4, -0.2) is 58.2 Å². The van der Waals surface area contributed by atoms with E-state index in [1.54, 1.807) is 6.92 Å². The molecule has 0 aromatic heterocycles. The van der Waals surface area contributed by atoms with E-state index in [0.717, 1.165) is 32.1 Å². The fourth-order valence-corrected chi connectivity index (χ4v) is 6.28. The summed E-state index contributed by atoms with van der Waals surface area (Å²) >= 11 is 0. The van der Waals surface area contributed by atoms with Crippen molar-refractivity contribution in [3.05, 3.63) is 35.9 Å². The summed E-state index contributed by atoms with van der Waals surface area (Å²) in [6.45, 7) is 5.39. The lowest BCUT2D eigenvalue weighted by atomic mass is 9.64. The topological polar surface area (TPSA) is 69.7 Å². The second-order valence-electron chi connectivity index (χ2n) is 9.13. The Kier molecular flexibility index (Phi) is 5.13. The van der Waals surface area contributed by atoms with Gasteiger partial charge >= 0.3 is 0 Å². The third-order valence-corrected chi connectivity index (χ3v) is 7.38. The van der Waals surface area contributed by atoms with E-state index in [-0.39, 0.29) is 53.8 Å². The number of piperidine rings is 1. The van der Waals surface area contributed by atoms with Crippen LogP contribution in [0, 0.1) is 5.41 Å². The van der Waals surface area contributed by atoms with Crippen LogP contribution in [0.3, 0.4) is 0 Å². The van der Waals surface area contributed by atoms with Crippen LogP contribution in [0.4, 0.5) is 0 Å². The third-order valence-electron chi connectivity index (χ3n) is 7.38. The molecular formula is C23H31N3O3. The van der Waals surface area contributed by atoms with Gasteiger partial charge in [-0.1, -0.05) is 37.3 Å². The zero-order chi connectivity index (χ0) is 20.8. The van der Waals surface area contributed by atoms with Gasteiger partial charge in [0.1, 0.15) is 0 Å². The van der Waals surface area contributed by atoms with Crippen molar-refractivity contribution in [3.63, 3.8) is 0 Å². The van der Waals surface area contributed by atoms with Gasteiger partial charge < -0.3 is 15.1 Å². The van der Waals surface area contributed by atoms with Gasteiger partial charge in [-0.05, 0) is 37.7 Å². The summed E-state index contributed by atoms with van der Waals surface area (Å²) in [5.41, 5.74) is 1.11. The third kappa shape index (κ3) is 3.32. The minimum Gasteiger partial charge on any atom is -0.347 e. The van der Waals surface area contributed by atoms with Crippen molar-refractivity contribution < 1.29 is 14.4 Å². The summed E-state index contributed by atoms with van der Waals surface area (Å²) in [5, 5.41) is 2.68. The molecule has 1 aromatic rings. The molecule has 156 valence electrons. The normalized spacial score (nSPS) is 32.8. The quantitative estimate of drug-likeness (QED) is 0.846. The lowest BCUT2D eigenvalue weighted by Gasteiger charge is -2.52. The molecule has 3 aliphatic rings. The molecule has 0 radical (unpaired) electrons. The molecule has 6 nitrogen and oxygen atoms in total. The van der Waals surface area contributed by atoms with Gasteiger partial charge in [0.15, 0.2) is 0 Å². The zero-order valence-electron chi connectivity index (χ0n) is 17.6. The van der Waals surface area contributed by atoms with E-state index >= 15 is 0 Å². The number of likely N-dealkylation sites (tertiary alicyclic amines) is 2. The van der Waals surface area contributed by atoms with E-state index < -0.39 is 0 Å². The Morgan fingerprint density at radius 2 is 1.72 bits per heavy atom. The maximum Gasteiger partial charge on any atom is 0.242 e. The van der Waals surface area contributed by atoms with Gasteiger partial charge in [0.25, 0.3) is 0 Å². The van der Waals surface area contributed by atoms with Gasteiger partial charge in [-0.2, -0.15) is 0 Å². The summed E-state index contributed by atoms with van der Waals surface area (Å²) in [6, 6.07) is 10.5. The first-order chi connectivity index (χ1) is 13.8. The molecule has 1 N–H and O–H groups in total. The van der Waals surface area contributed by atoms with E-state index in [0.29, 0.717) is 0 Å². The largest absolute Gasteiger partial charge is 0.347 e. The number of carbonyl (C=O) groups is 3. The maximum atomic E-state index is 13.2. The van der Waals surface area contributed by atoms with Crippen molar-refractivity contribution in [2.45, 2.75) is 77.0 Å².